The van der Waals surface area contributed by atoms with Crippen molar-refractivity contribution < 1.29 is 14.3 Å². The molecule has 118 valence electrons. The standard InChI is InChI=1S/C16H21N3O3/c1-11(2)10-22-13-5-3-12(4-6-13)9-17-16(21)14-7-8-15(20)19-18-14/h3-6,11H,7-10H2,1-2H3,(H,17,21)(H,19,20). The zero-order valence-corrected chi connectivity index (χ0v) is 12.9. The second kappa shape index (κ2) is 7.59. The van der Waals surface area contributed by atoms with Crippen molar-refractivity contribution in [2.45, 2.75) is 33.2 Å². The molecule has 2 N–H and O–H groups in total. The molecule has 0 bridgehead atoms. The van der Waals surface area contributed by atoms with E-state index in [1.165, 1.54) is 0 Å². The first-order valence-corrected chi connectivity index (χ1v) is 7.40. The molecule has 0 aromatic heterocycles. The van der Waals surface area contributed by atoms with E-state index in [2.05, 4.69) is 29.7 Å². The molecule has 2 amide bonds. The van der Waals surface area contributed by atoms with Gasteiger partial charge >= 0.3 is 0 Å². The van der Waals surface area contributed by atoms with Crippen LogP contribution in [-0.2, 0) is 16.1 Å². The summed E-state index contributed by atoms with van der Waals surface area (Å²) in [5.41, 5.74) is 3.65. The number of carbonyl (C=O) groups excluding carboxylic acids is 2. The number of nitrogens with zero attached hydrogens (tertiary/aromatic N) is 1. The summed E-state index contributed by atoms with van der Waals surface area (Å²) < 4.78 is 5.61. The fraction of sp³-hybridized carbons (Fsp3) is 0.438. The summed E-state index contributed by atoms with van der Waals surface area (Å²) in [7, 11) is 0. The topological polar surface area (TPSA) is 79.8 Å². The molecule has 0 unspecified atom stereocenters. The normalized spacial score (nSPS) is 14.3. The van der Waals surface area contributed by atoms with Gasteiger partial charge in [0, 0.05) is 19.4 Å². The Bertz CT molecular complexity index is 565. The van der Waals surface area contributed by atoms with Crippen molar-refractivity contribution in [3.8, 4) is 5.75 Å². The van der Waals surface area contributed by atoms with Crippen LogP contribution in [-0.4, -0.2) is 24.1 Å². The average molecular weight is 303 g/mol. The van der Waals surface area contributed by atoms with Crippen molar-refractivity contribution in [2.75, 3.05) is 6.61 Å². The van der Waals surface area contributed by atoms with Crippen LogP contribution in [0.5, 0.6) is 5.75 Å². The number of hydrazone groups is 1. The van der Waals surface area contributed by atoms with Gasteiger partial charge in [-0.3, -0.25) is 9.59 Å². The maximum Gasteiger partial charge on any atom is 0.267 e. The number of rotatable bonds is 6. The van der Waals surface area contributed by atoms with E-state index in [4.69, 9.17) is 4.74 Å². The number of hydrogen-bond donors (Lipinski definition) is 2. The van der Waals surface area contributed by atoms with Gasteiger partial charge in [0.05, 0.1) is 6.61 Å². The number of ether oxygens (including phenoxy) is 1. The van der Waals surface area contributed by atoms with E-state index in [9.17, 15) is 9.59 Å². The van der Waals surface area contributed by atoms with Crippen LogP contribution in [0.4, 0.5) is 0 Å². The van der Waals surface area contributed by atoms with Crippen LogP contribution in [0.3, 0.4) is 0 Å². The largest absolute Gasteiger partial charge is 0.493 e. The lowest BCUT2D eigenvalue weighted by Gasteiger charge is -2.12. The lowest BCUT2D eigenvalue weighted by Crippen LogP contribution is -2.36. The van der Waals surface area contributed by atoms with E-state index in [1.54, 1.807) is 0 Å². The summed E-state index contributed by atoms with van der Waals surface area (Å²) in [6.07, 6.45) is 0.674. The Morgan fingerprint density at radius 3 is 2.64 bits per heavy atom. The smallest absolute Gasteiger partial charge is 0.267 e. The van der Waals surface area contributed by atoms with E-state index >= 15 is 0 Å². The molecule has 1 aliphatic heterocycles. The summed E-state index contributed by atoms with van der Waals surface area (Å²) in [6, 6.07) is 7.62. The molecule has 1 aromatic rings. The highest BCUT2D eigenvalue weighted by atomic mass is 16.5. The van der Waals surface area contributed by atoms with Crippen LogP contribution in [0, 0.1) is 5.92 Å². The Labute approximate surface area is 129 Å². The minimum Gasteiger partial charge on any atom is -0.493 e. The van der Waals surface area contributed by atoms with Crippen LogP contribution in [0.1, 0.15) is 32.3 Å². The predicted molar refractivity (Wildman–Crippen MR) is 83.4 cm³/mol. The Kier molecular flexibility index (Phi) is 5.52. The van der Waals surface area contributed by atoms with E-state index in [-0.39, 0.29) is 11.8 Å². The highest BCUT2D eigenvalue weighted by molar-refractivity contribution is 6.39. The number of hydrogen-bond acceptors (Lipinski definition) is 4. The summed E-state index contributed by atoms with van der Waals surface area (Å²) >= 11 is 0. The minimum atomic E-state index is -0.250. The number of benzene rings is 1. The van der Waals surface area contributed by atoms with Gasteiger partial charge in [-0.1, -0.05) is 26.0 Å². The fourth-order valence-corrected chi connectivity index (χ4v) is 1.89. The third kappa shape index (κ3) is 4.87. The zero-order valence-electron chi connectivity index (χ0n) is 12.9. The summed E-state index contributed by atoms with van der Waals surface area (Å²) in [6.45, 7) is 5.29. The molecular formula is C16H21N3O3. The Balaban J connectivity index is 1.81. The van der Waals surface area contributed by atoms with E-state index in [1.807, 2.05) is 24.3 Å². The van der Waals surface area contributed by atoms with Gasteiger partial charge in [0.1, 0.15) is 11.5 Å². The highest BCUT2D eigenvalue weighted by Crippen LogP contribution is 2.13. The molecule has 1 aromatic carbocycles. The monoisotopic (exact) mass is 303 g/mol. The predicted octanol–water partition coefficient (Wildman–Crippen LogP) is 1.60. The van der Waals surface area contributed by atoms with E-state index in [0.717, 1.165) is 11.3 Å². The summed E-state index contributed by atoms with van der Waals surface area (Å²) in [5.74, 6) is 0.896. The van der Waals surface area contributed by atoms with Gasteiger partial charge in [0.15, 0.2) is 0 Å². The van der Waals surface area contributed by atoms with Gasteiger partial charge in [-0.05, 0) is 23.6 Å². The molecule has 2 rings (SSSR count). The molecule has 1 heterocycles. The molecule has 0 saturated carbocycles. The number of carbonyl (C=O) groups is 2. The molecule has 6 heteroatoms. The average Bonchev–Trinajstić information content (AvgIpc) is 2.52. The molecule has 0 aliphatic carbocycles. The van der Waals surface area contributed by atoms with Crippen molar-refractivity contribution in [1.82, 2.24) is 10.7 Å². The SMILES string of the molecule is CC(C)COc1ccc(CNC(=O)C2=NNC(=O)CC2)cc1. The molecule has 0 atom stereocenters. The quantitative estimate of drug-likeness (QED) is 0.838. The summed E-state index contributed by atoms with van der Waals surface area (Å²) in [5, 5.41) is 6.55. The van der Waals surface area contributed by atoms with Crippen LogP contribution < -0.4 is 15.5 Å². The fourth-order valence-electron chi connectivity index (χ4n) is 1.89. The zero-order chi connectivity index (χ0) is 15.9. The van der Waals surface area contributed by atoms with Crippen LogP contribution in [0.2, 0.25) is 0 Å². The van der Waals surface area contributed by atoms with Crippen molar-refractivity contribution >= 4 is 17.5 Å². The van der Waals surface area contributed by atoms with Gasteiger partial charge in [-0.15, -0.1) is 0 Å². The second-order valence-corrected chi connectivity index (χ2v) is 5.62. The molecule has 22 heavy (non-hydrogen) atoms. The van der Waals surface area contributed by atoms with Gasteiger partial charge in [-0.25, -0.2) is 5.43 Å². The lowest BCUT2D eigenvalue weighted by atomic mass is 10.1. The van der Waals surface area contributed by atoms with Gasteiger partial charge in [0.25, 0.3) is 5.91 Å². The maximum atomic E-state index is 11.9. The van der Waals surface area contributed by atoms with Gasteiger partial charge < -0.3 is 10.1 Å². The van der Waals surface area contributed by atoms with E-state index < -0.39 is 0 Å². The van der Waals surface area contributed by atoms with E-state index in [0.29, 0.717) is 37.6 Å². The van der Waals surface area contributed by atoms with Crippen molar-refractivity contribution in [1.29, 1.82) is 0 Å². The van der Waals surface area contributed by atoms with Crippen LogP contribution in [0.15, 0.2) is 29.4 Å². The van der Waals surface area contributed by atoms with Crippen molar-refractivity contribution in [3.05, 3.63) is 29.8 Å². The van der Waals surface area contributed by atoms with Gasteiger partial charge in [-0.2, -0.15) is 5.10 Å². The van der Waals surface area contributed by atoms with Gasteiger partial charge in [0.2, 0.25) is 5.91 Å². The third-order valence-electron chi connectivity index (χ3n) is 3.13. The molecule has 0 saturated heterocycles. The molecule has 0 spiro atoms. The molecule has 1 aliphatic rings. The van der Waals surface area contributed by atoms with Crippen molar-refractivity contribution in [3.63, 3.8) is 0 Å². The first-order valence-electron chi connectivity index (χ1n) is 7.40. The Hall–Kier alpha value is -2.37. The third-order valence-corrected chi connectivity index (χ3v) is 3.13. The number of amides is 2. The highest BCUT2D eigenvalue weighted by Gasteiger charge is 2.17. The maximum absolute atomic E-state index is 11.9. The first-order chi connectivity index (χ1) is 10.5. The van der Waals surface area contributed by atoms with Crippen LogP contribution >= 0.6 is 0 Å². The van der Waals surface area contributed by atoms with Crippen LogP contribution in [0.25, 0.3) is 0 Å². The molecular weight excluding hydrogens is 282 g/mol. The number of nitrogens with one attached hydrogen (secondary N) is 2. The first kappa shape index (κ1) is 16.0. The molecule has 6 nitrogen and oxygen atoms in total. The van der Waals surface area contributed by atoms with Crippen molar-refractivity contribution in [2.24, 2.45) is 11.0 Å². The lowest BCUT2D eigenvalue weighted by molar-refractivity contribution is -0.121. The molecule has 0 radical (unpaired) electrons. The minimum absolute atomic E-state index is 0.159. The Morgan fingerprint density at radius 2 is 2.05 bits per heavy atom. The summed E-state index contributed by atoms with van der Waals surface area (Å²) in [4.78, 5) is 22.9. The molecule has 0 fully saturated rings. The Morgan fingerprint density at radius 1 is 1.32 bits per heavy atom. The second-order valence-electron chi connectivity index (χ2n) is 5.62.